The van der Waals surface area contributed by atoms with E-state index in [0.717, 1.165) is 36.6 Å². The van der Waals surface area contributed by atoms with Gasteiger partial charge >= 0.3 is 0 Å². The fourth-order valence-electron chi connectivity index (χ4n) is 1.74. The average Bonchev–Trinajstić information content (AvgIpc) is 2.32. The lowest BCUT2D eigenvalue weighted by molar-refractivity contribution is 0.625. The molecule has 108 valence electrons. The highest BCUT2D eigenvalue weighted by molar-refractivity contribution is 14.0. The minimum absolute atomic E-state index is 0. The van der Waals surface area contributed by atoms with Crippen molar-refractivity contribution in [3.8, 4) is 0 Å². The molecule has 0 aliphatic carbocycles. The molecule has 0 aliphatic rings. The molecule has 1 rings (SSSR count). The Balaban J connectivity index is 0.00000324. The van der Waals surface area contributed by atoms with E-state index in [9.17, 15) is 4.39 Å². The third kappa shape index (κ3) is 6.75. The van der Waals surface area contributed by atoms with Crippen molar-refractivity contribution in [1.29, 1.82) is 0 Å². The molecule has 0 atom stereocenters. The number of rotatable bonds is 5. The number of nitrogens with zero attached hydrogens (tertiary/aromatic N) is 1. The second-order valence-electron chi connectivity index (χ2n) is 4.11. The Morgan fingerprint density at radius 2 is 1.84 bits per heavy atom. The van der Waals surface area contributed by atoms with Crippen LogP contribution in [-0.2, 0) is 6.42 Å². The van der Waals surface area contributed by atoms with E-state index in [4.69, 9.17) is 0 Å². The van der Waals surface area contributed by atoms with E-state index in [0.29, 0.717) is 6.54 Å². The van der Waals surface area contributed by atoms with Gasteiger partial charge in [0.25, 0.3) is 0 Å². The molecule has 0 aromatic heterocycles. The number of nitrogens with one attached hydrogen (secondary N) is 2. The number of hydrogen-bond donors (Lipinski definition) is 2. The van der Waals surface area contributed by atoms with Crippen LogP contribution in [0.2, 0.25) is 0 Å². The van der Waals surface area contributed by atoms with Gasteiger partial charge in [0.2, 0.25) is 0 Å². The van der Waals surface area contributed by atoms with E-state index in [-0.39, 0.29) is 29.8 Å². The van der Waals surface area contributed by atoms with Crippen LogP contribution in [0.5, 0.6) is 0 Å². The Bertz CT molecular complexity index is 400. The molecule has 0 unspecified atom stereocenters. The van der Waals surface area contributed by atoms with Gasteiger partial charge in [0.1, 0.15) is 5.82 Å². The summed E-state index contributed by atoms with van der Waals surface area (Å²) in [7, 11) is 0. The van der Waals surface area contributed by atoms with Gasteiger partial charge in [-0.15, -0.1) is 24.0 Å². The summed E-state index contributed by atoms with van der Waals surface area (Å²) >= 11 is 0. The number of guanidine groups is 1. The zero-order chi connectivity index (χ0) is 13.4. The van der Waals surface area contributed by atoms with E-state index in [1.54, 1.807) is 6.07 Å². The van der Waals surface area contributed by atoms with Gasteiger partial charge in [0.05, 0.1) is 0 Å². The molecule has 0 saturated heterocycles. The first-order chi connectivity index (χ1) is 8.67. The zero-order valence-corrected chi connectivity index (χ0v) is 14.1. The van der Waals surface area contributed by atoms with Crippen LogP contribution in [0.25, 0.3) is 0 Å². The lowest BCUT2D eigenvalue weighted by Gasteiger charge is -2.09. The second-order valence-corrected chi connectivity index (χ2v) is 4.11. The van der Waals surface area contributed by atoms with Crippen molar-refractivity contribution in [1.82, 2.24) is 10.6 Å². The monoisotopic (exact) mass is 379 g/mol. The lowest BCUT2D eigenvalue weighted by atomic mass is 10.1. The number of aliphatic imine (C=N–C) groups is 1. The van der Waals surface area contributed by atoms with Crippen molar-refractivity contribution in [2.45, 2.75) is 27.2 Å². The maximum Gasteiger partial charge on any atom is 0.191 e. The molecule has 1 aromatic carbocycles. The summed E-state index contributed by atoms with van der Waals surface area (Å²) in [6.45, 7) is 8.40. The van der Waals surface area contributed by atoms with Gasteiger partial charge in [-0.1, -0.05) is 6.07 Å². The van der Waals surface area contributed by atoms with Crippen molar-refractivity contribution in [3.05, 3.63) is 35.1 Å². The van der Waals surface area contributed by atoms with Crippen LogP contribution >= 0.6 is 24.0 Å². The summed E-state index contributed by atoms with van der Waals surface area (Å²) in [5.74, 6) is 0.653. The molecular formula is C14H23FIN3. The molecule has 0 heterocycles. The van der Waals surface area contributed by atoms with Crippen LogP contribution in [-0.4, -0.2) is 25.6 Å². The highest BCUT2D eigenvalue weighted by atomic mass is 127. The van der Waals surface area contributed by atoms with E-state index in [1.165, 1.54) is 6.07 Å². The van der Waals surface area contributed by atoms with Gasteiger partial charge in [-0.2, -0.15) is 0 Å². The summed E-state index contributed by atoms with van der Waals surface area (Å²) < 4.78 is 13.0. The van der Waals surface area contributed by atoms with Crippen LogP contribution in [0.1, 0.15) is 25.0 Å². The minimum atomic E-state index is -0.180. The summed E-state index contributed by atoms with van der Waals surface area (Å²) in [4.78, 5) is 4.46. The van der Waals surface area contributed by atoms with E-state index < -0.39 is 0 Å². The van der Waals surface area contributed by atoms with Crippen molar-refractivity contribution < 1.29 is 4.39 Å². The predicted octanol–water partition coefficient (Wildman–Crippen LogP) is 2.87. The van der Waals surface area contributed by atoms with Crippen LogP contribution in [0.15, 0.2) is 23.2 Å². The molecule has 0 saturated carbocycles. The lowest BCUT2D eigenvalue weighted by Crippen LogP contribution is -2.37. The van der Waals surface area contributed by atoms with Gasteiger partial charge in [0.15, 0.2) is 5.96 Å². The Morgan fingerprint density at radius 3 is 2.37 bits per heavy atom. The smallest absolute Gasteiger partial charge is 0.191 e. The number of halogens is 2. The largest absolute Gasteiger partial charge is 0.357 e. The maximum atomic E-state index is 13.0. The molecule has 3 nitrogen and oxygen atoms in total. The fourth-order valence-corrected chi connectivity index (χ4v) is 1.74. The summed E-state index contributed by atoms with van der Waals surface area (Å²) in [6, 6.07) is 4.90. The van der Waals surface area contributed by atoms with Gasteiger partial charge in [-0.3, -0.25) is 4.99 Å². The molecule has 19 heavy (non-hydrogen) atoms. The Kier molecular flexibility index (Phi) is 9.55. The highest BCUT2D eigenvalue weighted by Crippen LogP contribution is 2.10. The van der Waals surface area contributed by atoms with Crippen molar-refractivity contribution in [2.24, 2.45) is 4.99 Å². The first kappa shape index (κ1) is 18.1. The van der Waals surface area contributed by atoms with E-state index in [1.807, 2.05) is 26.8 Å². The van der Waals surface area contributed by atoms with Crippen LogP contribution in [0.4, 0.5) is 4.39 Å². The van der Waals surface area contributed by atoms with Gasteiger partial charge in [0, 0.05) is 19.6 Å². The van der Waals surface area contributed by atoms with Crippen LogP contribution in [0, 0.1) is 12.7 Å². The molecule has 0 fully saturated rings. The van der Waals surface area contributed by atoms with Crippen LogP contribution < -0.4 is 10.6 Å². The second kappa shape index (κ2) is 10.00. The van der Waals surface area contributed by atoms with Crippen molar-refractivity contribution in [2.75, 3.05) is 19.6 Å². The minimum Gasteiger partial charge on any atom is -0.357 e. The topological polar surface area (TPSA) is 36.4 Å². The number of hydrogen-bond acceptors (Lipinski definition) is 1. The quantitative estimate of drug-likeness (QED) is 0.469. The predicted molar refractivity (Wildman–Crippen MR) is 89.9 cm³/mol. The van der Waals surface area contributed by atoms with Gasteiger partial charge < -0.3 is 10.6 Å². The summed E-state index contributed by atoms with van der Waals surface area (Å²) in [5, 5.41) is 6.34. The van der Waals surface area contributed by atoms with Crippen molar-refractivity contribution in [3.63, 3.8) is 0 Å². The molecule has 5 heteroatoms. The summed E-state index contributed by atoms with van der Waals surface area (Å²) in [5.41, 5.74) is 2.13. The molecule has 0 aliphatic heterocycles. The third-order valence-corrected chi connectivity index (χ3v) is 2.64. The maximum absolute atomic E-state index is 13.0. The SMILES string of the molecule is CCNC(=NCCc1ccc(F)cc1C)NCC.I. The number of benzene rings is 1. The summed E-state index contributed by atoms with van der Waals surface area (Å²) in [6.07, 6.45) is 0.826. The molecule has 2 N–H and O–H groups in total. The molecule has 0 amide bonds. The molecular weight excluding hydrogens is 356 g/mol. The Hall–Kier alpha value is -0.850. The normalized spacial score (nSPS) is 9.47. The fraction of sp³-hybridized carbons (Fsp3) is 0.500. The first-order valence-corrected chi connectivity index (χ1v) is 6.44. The Labute approximate surface area is 132 Å². The molecule has 0 spiro atoms. The third-order valence-electron chi connectivity index (χ3n) is 2.64. The molecule has 1 aromatic rings. The molecule has 0 radical (unpaired) electrons. The van der Waals surface area contributed by atoms with Crippen LogP contribution in [0.3, 0.4) is 0 Å². The van der Waals surface area contributed by atoms with Gasteiger partial charge in [-0.25, -0.2) is 4.39 Å². The number of aryl methyl sites for hydroxylation is 1. The average molecular weight is 379 g/mol. The van der Waals surface area contributed by atoms with Crippen molar-refractivity contribution >= 4 is 29.9 Å². The zero-order valence-electron chi connectivity index (χ0n) is 11.8. The highest BCUT2D eigenvalue weighted by Gasteiger charge is 2.00. The Morgan fingerprint density at radius 1 is 1.21 bits per heavy atom. The van der Waals surface area contributed by atoms with E-state index >= 15 is 0 Å². The first-order valence-electron chi connectivity index (χ1n) is 6.44. The van der Waals surface area contributed by atoms with E-state index in [2.05, 4.69) is 15.6 Å². The molecule has 0 bridgehead atoms. The van der Waals surface area contributed by atoms with Gasteiger partial charge in [-0.05, 0) is 50.5 Å². The standard InChI is InChI=1S/C14H22FN3.HI/c1-4-16-14(17-5-2)18-9-8-12-6-7-13(15)10-11(12)3;/h6-7,10H,4-5,8-9H2,1-3H3,(H2,16,17,18);1H.